The molecule has 1 radical (unpaired) electrons. The van der Waals surface area contributed by atoms with Gasteiger partial charge in [-0.2, -0.15) is 0 Å². The Morgan fingerprint density at radius 3 is 2.33 bits per heavy atom. The van der Waals surface area contributed by atoms with E-state index in [-0.39, 0.29) is 38.1 Å². The van der Waals surface area contributed by atoms with E-state index in [1.165, 1.54) is 5.56 Å². The summed E-state index contributed by atoms with van der Waals surface area (Å²) >= 11 is 0. The number of aromatic nitrogens is 1. The van der Waals surface area contributed by atoms with Gasteiger partial charge < -0.3 is 5.21 Å². The first-order chi connectivity index (χ1) is 5.00. The summed E-state index contributed by atoms with van der Waals surface area (Å²) in [5.74, 6) is 0. The van der Waals surface area contributed by atoms with Gasteiger partial charge in [-0.05, 0) is 0 Å². The average molecular weight is 240 g/mol. The quantitative estimate of drug-likeness (QED) is 0.412. The Bertz CT molecular complexity index is 238. The molecular formula is C9H13NOY. The van der Waals surface area contributed by atoms with Gasteiger partial charge in [0.1, 0.15) is 6.20 Å². The third-order valence-corrected chi connectivity index (χ3v) is 1.61. The molecule has 0 aliphatic heterocycles. The Hall–Kier alpha value is 0.0539. The molecule has 0 aliphatic carbocycles. The fourth-order valence-electron chi connectivity index (χ4n) is 0.844. The van der Waals surface area contributed by atoms with E-state index >= 15 is 0 Å². The van der Waals surface area contributed by atoms with Crippen LogP contribution in [-0.2, 0) is 38.1 Å². The molecule has 1 aromatic heterocycles. The van der Waals surface area contributed by atoms with Crippen molar-refractivity contribution in [2.75, 3.05) is 0 Å². The molecule has 0 unspecified atom stereocenters. The van der Waals surface area contributed by atoms with Gasteiger partial charge in [-0.3, -0.25) is 0 Å². The van der Waals surface area contributed by atoms with E-state index in [9.17, 15) is 0 Å². The third-order valence-electron chi connectivity index (χ3n) is 1.61. The topological polar surface area (TPSA) is 24.1 Å². The molecule has 0 bridgehead atoms. The molecular weight excluding hydrogens is 227 g/mol. The zero-order chi connectivity index (χ0) is 8.48. The Morgan fingerprint density at radius 1 is 1.42 bits per heavy atom. The number of pyridine rings is 1. The van der Waals surface area contributed by atoms with Gasteiger partial charge in [-0.15, -0.1) is 16.4 Å². The summed E-state index contributed by atoms with van der Waals surface area (Å²) in [6.07, 6.45) is 4.26. The summed E-state index contributed by atoms with van der Waals surface area (Å²) < 4.78 is 0.926. The van der Waals surface area contributed by atoms with Crippen LogP contribution >= 0.6 is 0 Å². The first-order valence-corrected chi connectivity index (χ1v) is 3.63. The average Bonchev–Trinajstić information content (AvgIpc) is 1.86. The van der Waals surface area contributed by atoms with Crippen LogP contribution in [0.2, 0.25) is 0 Å². The normalized spacial score (nSPS) is 10.6. The van der Waals surface area contributed by atoms with Crippen LogP contribution in [-0.4, -0.2) is 5.21 Å². The van der Waals surface area contributed by atoms with Crippen molar-refractivity contribution in [3.63, 3.8) is 0 Å². The zero-order valence-corrected chi connectivity index (χ0v) is 10.5. The summed E-state index contributed by atoms with van der Waals surface area (Å²) in [5.41, 5.74) is 1.30. The molecule has 0 atom stereocenters. The molecule has 2 nitrogen and oxygen atoms in total. The predicted molar refractivity (Wildman–Crippen MR) is 41.4 cm³/mol. The van der Waals surface area contributed by atoms with E-state index in [2.05, 4.69) is 27.0 Å². The van der Waals surface area contributed by atoms with E-state index < -0.39 is 0 Å². The van der Waals surface area contributed by atoms with Gasteiger partial charge in [0.05, 0.1) is 0 Å². The standard InChI is InChI=1S/C9H13NO.Y/c1-9(2,3)8-4-6-10(11)7-5-8;/h4-6,11H,1-3H3;. The molecule has 3 heteroatoms. The molecule has 0 saturated carbocycles. The van der Waals surface area contributed by atoms with Gasteiger partial charge in [0, 0.05) is 32.7 Å². The summed E-state index contributed by atoms with van der Waals surface area (Å²) in [6, 6.07) is 3.68. The Labute approximate surface area is 98.5 Å². The van der Waals surface area contributed by atoms with Crippen molar-refractivity contribution in [3.8, 4) is 0 Å². The number of rotatable bonds is 0. The van der Waals surface area contributed by atoms with Crippen LogP contribution in [0, 0.1) is 6.20 Å². The second kappa shape index (κ2) is 4.34. The van der Waals surface area contributed by atoms with Crippen molar-refractivity contribution in [2.45, 2.75) is 26.2 Å². The second-order valence-corrected chi connectivity index (χ2v) is 3.64. The first kappa shape index (κ1) is 12.1. The third kappa shape index (κ3) is 3.20. The van der Waals surface area contributed by atoms with Gasteiger partial charge in [0.15, 0.2) is 6.20 Å². The summed E-state index contributed by atoms with van der Waals surface area (Å²) in [7, 11) is 0. The minimum absolute atomic E-state index is 0. The van der Waals surface area contributed by atoms with E-state index in [1.54, 1.807) is 12.3 Å². The van der Waals surface area contributed by atoms with E-state index in [1.807, 2.05) is 6.07 Å². The van der Waals surface area contributed by atoms with Crippen LogP contribution in [0.15, 0.2) is 18.3 Å². The Balaban J connectivity index is 0.00000121. The summed E-state index contributed by atoms with van der Waals surface area (Å²) in [4.78, 5) is 0. The maximum atomic E-state index is 8.88. The van der Waals surface area contributed by atoms with Gasteiger partial charge in [0.2, 0.25) is 0 Å². The van der Waals surface area contributed by atoms with Crippen molar-refractivity contribution < 1.29 is 42.6 Å². The van der Waals surface area contributed by atoms with Gasteiger partial charge >= 0.3 is 0 Å². The molecule has 0 amide bonds. The summed E-state index contributed by atoms with van der Waals surface area (Å²) in [6.45, 7) is 6.37. The predicted octanol–water partition coefficient (Wildman–Crippen LogP) is 1.31. The van der Waals surface area contributed by atoms with Crippen LogP contribution < -0.4 is 4.73 Å². The molecule has 0 aliphatic rings. The molecule has 0 fully saturated rings. The van der Waals surface area contributed by atoms with Crippen LogP contribution in [0.4, 0.5) is 0 Å². The number of hydrogen-bond acceptors (Lipinski definition) is 1. The maximum Gasteiger partial charge on any atom is 0.169 e. The fraction of sp³-hybridized carbons (Fsp3) is 0.444. The smallest absolute Gasteiger partial charge is 0.169 e. The van der Waals surface area contributed by atoms with Crippen LogP contribution in [0.1, 0.15) is 26.3 Å². The van der Waals surface area contributed by atoms with E-state index in [0.29, 0.717) is 0 Å². The number of nitrogens with zero attached hydrogens (tertiary/aromatic N) is 1. The van der Waals surface area contributed by atoms with Gasteiger partial charge in [-0.25, -0.2) is 0 Å². The van der Waals surface area contributed by atoms with Gasteiger partial charge in [0.25, 0.3) is 0 Å². The molecule has 0 spiro atoms. The van der Waals surface area contributed by atoms with Crippen molar-refractivity contribution in [2.24, 2.45) is 0 Å². The molecule has 0 aromatic carbocycles. The molecule has 1 heterocycles. The van der Waals surface area contributed by atoms with Crippen LogP contribution in [0.5, 0.6) is 0 Å². The van der Waals surface area contributed by atoms with Gasteiger partial charge in [-0.1, -0.05) is 32.3 Å². The molecule has 63 valence electrons. The molecule has 1 rings (SSSR count). The molecule has 1 N–H and O–H groups in total. The number of hydrogen-bond donors (Lipinski definition) is 1. The minimum atomic E-state index is 0. The fourth-order valence-corrected chi connectivity index (χ4v) is 0.844. The van der Waals surface area contributed by atoms with Crippen molar-refractivity contribution in [1.29, 1.82) is 0 Å². The monoisotopic (exact) mass is 240 g/mol. The van der Waals surface area contributed by atoms with Crippen molar-refractivity contribution >= 4 is 0 Å². The van der Waals surface area contributed by atoms with Crippen molar-refractivity contribution in [1.82, 2.24) is 0 Å². The largest absolute Gasteiger partial charge is 0.309 e. The maximum absolute atomic E-state index is 8.88. The summed E-state index contributed by atoms with van der Waals surface area (Å²) in [5, 5.41) is 8.88. The molecule has 12 heavy (non-hydrogen) atoms. The Morgan fingerprint density at radius 2 is 2.00 bits per heavy atom. The van der Waals surface area contributed by atoms with E-state index in [0.717, 1.165) is 4.73 Å². The second-order valence-electron chi connectivity index (χ2n) is 3.64. The molecule has 0 saturated heterocycles. The van der Waals surface area contributed by atoms with Crippen LogP contribution in [0.25, 0.3) is 0 Å². The minimum Gasteiger partial charge on any atom is -0.309 e. The van der Waals surface area contributed by atoms with Crippen molar-refractivity contribution in [3.05, 3.63) is 30.1 Å². The Kier molecular flexibility index (Phi) is 4.35. The molecule has 1 aromatic rings. The SMILES string of the molecule is CC(C)(C)c1c[c-][n+](O)cc1.[Y]. The zero-order valence-electron chi connectivity index (χ0n) is 7.70. The van der Waals surface area contributed by atoms with E-state index in [4.69, 9.17) is 5.21 Å². The van der Waals surface area contributed by atoms with Crippen LogP contribution in [0.3, 0.4) is 0 Å². The first-order valence-electron chi connectivity index (χ1n) is 3.63.